The maximum Gasteiger partial charge on any atom is 0.128 e. The summed E-state index contributed by atoms with van der Waals surface area (Å²) in [5, 5.41) is 19.8. The number of aliphatic hydroxyl groups is 2. The van der Waals surface area contributed by atoms with Crippen molar-refractivity contribution >= 4 is 0 Å². The first kappa shape index (κ1) is 22.5. The molecule has 0 fully saturated rings. The van der Waals surface area contributed by atoms with Crippen LogP contribution in [0.25, 0.3) is 11.1 Å². The Hall–Kier alpha value is -1.78. The van der Waals surface area contributed by atoms with Gasteiger partial charge in [-0.3, -0.25) is 4.98 Å². The first-order valence-electron chi connectivity index (χ1n) is 10.4. The Kier molecular flexibility index (Phi) is 8.14. The van der Waals surface area contributed by atoms with E-state index in [1.807, 2.05) is 0 Å². The second-order valence-electron chi connectivity index (χ2n) is 8.10. The van der Waals surface area contributed by atoms with Crippen LogP contribution in [0.15, 0.2) is 18.2 Å². The molecule has 2 rings (SSSR count). The number of hydrogen-bond acceptors (Lipinski definition) is 3. The molecule has 0 aliphatic heterocycles. The van der Waals surface area contributed by atoms with Gasteiger partial charge in [-0.05, 0) is 53.5 Å². The lowest BCUT2D eigenvalue weighted by Gasteiger charge is -2.24. The minimum Gasteiger partial charge on any atom is -0.392 e. The lowest BCUT2D eigenvalue weighted by molar-refractivity contribution is 0.276. The number of aliphatic hydroxyl groups excluding tert-OH is 2. The highest BCUT2D eigenvalue weighted by atomic mass is 19.1. The number of nitrogens with zero attached hydrogens (tertiary/aromatic N) is 1. The maximum atomic E-state index is 14.0. The van der Waals surface area contributed by atoms with Crippen molar-refractivity contribution in [2.75, 3.05) is 0 Å². The number of benzene rings is 1. The third-order valence-electron chi connectivity index (χ3n) is 5.25. The molecule has 0 unspecified atom stereocenters. The zero-order valence-corrected chi connectivity index (χ0v) is 17.8. The molecule has 0 bridgehead atoms. The first-order chi connectivity index (χ1) is 13.3. The highest BCUT2D eigenvalue weighted by Gasteiger charge is 2.23. The van der Waals surface area contributed by atoms with Crippen molar-refractivity contribution < 1.29 is 14.6 Å². The van der Waals surface area contributed by atoms with E-state index in [1.165, 1.54) is 6.07 Å². The Morgan fingerprint density at radius 3 is 2.11 bits per heavy atom. The van der Waals surface area contributed by atoms with Crippen LogP contribution in [0.4, 0.5) is 4.39 Å². The number of halogens is 1. The van der Waals surface area contributed by atoms with Crippen molar-refractivity contribution in [3.05, 3.63) is 52.1 Å². The number of hydrogen-bond donors (Lipinski definition) is 2. The molecule has 0 atom stereocenters. The van der Waals surface area contributed by atoms with E-state index < -0.39 is 5.82 Å². The maximum absolute atomic E-state index is 14.0. The summed E-state index contributed by atoms with van der Waals surface area (Å²) >= 11 is 0. The number of unbranched alkanes of at least 4 members (excludes halogenated alkanes) is 2. The summed E-state index contributed by atoms with van der Waals surface area (Å²) in [5.74, 6) is 0.00536. The second-order valence-corrected chi connectivity index (χ2v) is 8.10. The molecule has 0 spiro atoms. The fraction of sp³-hybridized carbons (Fsp3) is 0.542. The largest absolute Gasteiger partial charge is 0.392 e. The molecule has 1 aromatic carbocycles. The van der Waals surface area contributed by atoms with E-state index in [9.17, 15) is 14.6 Å². The van der Waals surface area contributed by atoms with Crippen LogP contribution in [0.5, 0.6) is 0 Å². The molecule has 2 N–H and O–H groups in total. The van der Waals surface area contributed by atoms with Crippen LogP contribution in [0.1, 0.15) is 93.8 Å². The lowest BCUT2D eigenvalue weighted by Crippen LogP contribution is -2.12. The molecule has 2 aromatic rings. The van der Waals surface area contributed by atoms with Gasteiger partial charge in [0.15, 0.2) is 0 Å². The van der Waals surface area contributed by atoms with Crippen LogP contribution in [-0.2, 0) is 19.6 Å². The first-order valence-corrected chi connectivity index (χ1v) is 10.4. The monoisotopic (exact) mass is 387 g/mol. The third kappa shape index (κ3) is 4.79. The smallest absolute Gasteiger partial charge is 0.128 e. The van der Waals surface area contributed by atoms with E-state index in [2.05, 4.69) is 34.6 Å². The Labute approximate surface area is 168 Å². The molecule has 4 heteroatoms. The molecule has 0 aliphatic rings. The van der Waals surface area contributed by atoms with Crippen molar-refractivity contribution in [1.29, 1.82) is 0 Å². The molecule has 0 saturated heterocycles. The van der Waals surface area contributed by atoms with Crippen LogP contribution in [-0.4, -0.2) is 15.2 Å². The topological polar surface area (TPSA) is 53.4 Å². The van der Waals surface area contributed by atoms with Gasteiger partial charge in [-0.25, -0.2) is 4.39 Å². The average Bonchev–Trinajstić information content (AvgIpc) is 2.67. The van der Waals surface area contributed by atoms with Gasteiger partial charge in [-0.15, -0.1) is 0 Å². The second kappa shape index (κ2) is 10.1. The molecule has 0 saturated carbocycles. The Bertz CT molecular complexity index is 800. The number of rotatable bonds is 9. The molecule has 3 nitrogen and oxygen atoms in total. The quantitative estimate of drug-likeness (QED) is 0.531. The summed E-state index contributed by atoms with van der Waals surface area (Å²) in [6.45, 7) is 10.2. The predicted octanol–water partition coefficient (Wildman–Crippen LogP) is 5.85. The van der Waals surface area contributed by atoms with Gasteiger partial charge in [-0.1, -0.05) is 53.5 Å². The summed E-state index contributed by atoms with van der Waals surface area (Å²) in [5.41, 5.74) is 6.00. The van der Waals surface area contributed by atoms with Crippen LogP contribution in [0, 0.1) is 5.82 Å². The molecule has 28 heavy (non-hydrogen) atoms. The van der Waals surface area contributed by atoms with Crippen molar-refractivity contribution in [1.82, 2.24) is 4.98 Å². The van der Waals surface area contributed by atoms with Crippen molar-refractivity contribution in [3.63, 3.8) is 0 Å². The fourth-order valence-corrected chi connectivity index (χ4v) is 3.82. The van der Waals surface area contributed by atoms with Crippen LogP contribution in [0.2, 0.25) is 0 Å². The van der Waals surface area contributed by atoms with Gasteiger partial charge in [0.05, 0.1) is 13.2 Å². The van der Waals surface area contributed by atoms with E-state index >= 15 is 0 Å². The van der Waals surface area contributed by atoms with Crippen LogP contribution < -0.4 is 0 Å². The molecular formula is C24H34FNO2. The third-order valence-corrected chi connectivity index (χ3v) is 5.25. The summed E-state index contributed by atoms with van der Waals surface area (Å²) in [6.07, 6.45) is 4.18. The molecule has 0 amide bonds. The van der Waals surface area contributed by atoms with Crippen LogP contribution in [0.3, 0.4) is 0 Å². The summed E-state index contributed by atoms with van der Waals surface area (Å²) < 4.78 is 14.0. The van der Waals surface area contributed by atoms with E-state index in [4.69, 9.17) is 4.98 Å². The Morgan fingerprint density at radius 1 is 0.929 bits per heavy atom. The zero-order valence-electron chi connectivity index (χ0n) is 17.8. The fourth-order valence-electron chi connectivity index (χ4n) is 3.82. The van der Waals surface area contributed by atoms with Crippen molar-refractivity contribution in [2.45, 2.75) is 85.4 Å². The SMILES string of the molecule is CCCCCc1c(C(C)C)nc(C(C)C)c(CO)c1-c1ccc(F)c(CO)c1. The van der Waals surface area contributed by atoms with Gasteiger partial charge in [-0.2, -0.15) is 0 Å². The molecule has 1 aromatic heterocycles. The van der Waals surface area contributed by atoms with Gasteiger partial charge in [0, 0.05) is 22.5 Å². The normalized spacial score (nSPS) is 11.6. The molecule has 154 valence electrons. The molecule has 1 heterocycles. The number of aromatic nitrogens is 1. The Balaban J connectivity index is 2.83. The zero-order chi connectivity index (χ0) is 20.8. The average molecular weight is 388 g/mol. The lowest BCUT2D eigenvalue weighted by atomic mass is 9.85. The molecule has 0 aliphatic carbocycles. The molecule has 0 radical (unpaired) electrons. The van der Waals surface area contributed by atoms with Gasteiger partial charge in [0.1, 0.15) is 5.82 Å². The van der Waals surface area contributed by atoms with E-state index in [-0.39, 0.29) is 30.6 Å². The van der Waals surface area contributed by atoms with Gasteiger partial charge in [0.2, 0.25) is 0 Å². The van der Waals surface area contributed by atoms with Gasteiger partial charge >= 0.3 is 0 Å². The van der Waals surface area contributed by atoms with Crippen molar-refractivity contribution in [2.24, 2.45) is 0 Å². The van der Waals surface area contributed by atoms with Gasteiger partial charge < -0.3 is 10.2 Å². The summed E-state index contributed by atoms with van der Waals surface area (Å²) in [7, 11) is 0. The van der Waals surface area contributed by atoms with Crippen molar-refractivity contribution in [3.8, 4) is 11.1 Å². The minimum atomic E-state index is -0.411. The number of pyridine rings is 1. The highest BCUT2D eigenvalue weighted by molar-refractivity contribution is 5.74. The van der Waals surface area contributed by atoms with Gasteiger partial charge in [0.25, 0.3) is 0 Å². The summed E-state index contributed by atoms with van der Waals surface area (Å²) in [4.78, 5) is 4.98. The summed E-state index contributed by atoms with van der Waals surface area (Å²) in [6, 6.07) is 4.87. The van der Waals surface area contributed by atoms with E-state index in [0.717, 1.165) is 59.3 Å². The minimum absolute atomic E-state index is 0.110. The van der Waals surface area contributed by atoms with E-state index in [1.54, 1.807) is 12.1 Å². The Morgan fingerprint density at radius 2 is 1.57 bits per heavy atom. The molecular weight excluding hydrogens is 353 g/mol. The predicted molar refractivity (Wildman–Crippen MR) is 113 cm³/mol. The van der Waals surface area contributed by atoms with Crippen LogP contribution >= 0.6 is 0 Å². The van der Waals surface area contributed by atoms with E-state index in [0.29, 0.717) is 0 Å². The highest BCUT2D eigenvalue weighted by Crippen LogP contribution is 2.38. The standard InChI is InChI=1S/C24H34FNO2/c1-6-7-8-9-19-22(17-10-11-21(25)18(12-17)13-27)20(14-28)24(16(4)5)26-23(19)15(2)3/h10-12,15-16,27-28H,6-9,13-14H2,1-5H3.